The van der Waals surface area contributed by atoms with E-state index in [0.29, 0.717) is 0 Å². The van der Waals surface area contributed by atoms with Crippen molar-refractivity contribution in [2.75, 3.05) is 0 Å². The highest BCUT2D eigenvalue weighted by molar-refractivity contribution is 5.85. The number of H-pyrrole nitrogens is 1. The summed E-state index contributed by atoms with van der Waals surface area (Å²) in [7, 11) is 0. The summed E-state index contributed by atoms with van der Waals surface area (Å²) < 4.78 is 0. The first kappa shape index (κ1) is 12.6. The van der Waals surface area contributed by atoms with Crippen LogP contribution in [0.4, 0.5) is 5.69 Å². The summed E-state index contributed by atoms with van der Waals surface area (Å²) in [4.78, 5) is 13.6. The molecule has 0 amide bonds. The topological polar surface area (TPSA) is 58.9 Å². The van der Waals surface area contributed by atoms with Gasteiger partial charge in [-0.3, -0.25) is 10.1 Å². The van der Waals surface area contributed by atoms with Crippen molar-refractivity contribution >= 4 is 16.6 Å². The van der Waals surface area contributed by atoms with Crippen molar-refractivity contribution in [2.45, 2.75) is 33.6 Å². The molecule has 2 aromatic rings. The number of hydrogen-bond donors (Lipinski definition) is 1. The van der Waals surface area contributed by atoms with E-state index in [2.05, 4.69) is 25.8 Å². The van der Waals surface area contributed by atoms with Crippen LogP contribution in [-0.4, -0.2) is 9.91 Å². The lowest BCUT2D eigenvalue weighted by atomic mass is 9.88. The zero-order valence-corrected chi connectivity index (χ0v) is 11.0. The molecule has 0 fully saturated rings. The predicted molar refractivity (Wildman–Crippen MR) is 72.7 cm³/mol. The molecule has 0 aliphatic heterocycles. The number of nitrogens with zero attached hydrogens (tertiary/aromatic N) is 1. The number of nitro benzene ring substituents is 1. The molecular weight excluding hydrogens is 228 g/mol. The minimum atomic E-state index is -0.347. The van der Waals surface area contributed by atoms with Crippen LogP contribution >= 0.6 is 0 Å². The fourth-order valence-corrected chi connectivity index (χ4v) is 2.00. The van der Waals surface area contributed by atoms with Crippen molar-refractivity contribution in [1.29, 1.82) is 0 Å². The predicted octanol–water partition coefficient (Wildman–Crippen LogP) is 4.05. The Morgan fingerprint density at radius 2 is 2.06 bits per heavy atom. The summed E-state index contributed by atoms with van der Waals surface area (Å²) in [5.74, 6) is 0. The summed E-state index contributed by atoms with van der Waals surface area (Å²) in [6.45, 7) is 6.60. The van der Waals surface area contributed by atoms with Crippen LogP contribution < -0.4 is 0 Å². The normalized spacial score (nSPS) is 11.9. The molecular formula is C14H18N2O2. The second-order valence-electron chi connectivity index (χ2n) is 5.86. The van der Waals surface area contributed by atoms with Crippen molar-refractivity contribution in [3.8, 4) is 0 Å². The molecule has 0 radical (unpaired) electrons. The van der Waals surface area contributed by atoms with Gasteiger partial charge in [-0.15, -0.1) is 0 Å². The first-order chi connectivity index (χ1) is 8.37. The van der Waals surface area contributed by atoms with Gasteiger partial charge in [0.2, 0.25) is 0 Å². The Morgan fingerprint density at radius 1 is 1.33 bits per heavy atom. The van der Waals surface area contributed by atoms with Crippen molar-refractivity contribution in [2.24, 2.45) is 5.41 Å². The van der Waals surface area contributed by atoms with E-state index in [0.717, 1.165) is 29.3 Å². The highest BCUT2D eigenvalue weighted by Crippen LogP contribution is 2.27. The second kappa shape index (κ2) is 4.44. The van der Waals surface area contributed by atoms with Gasteiger partial charge in [0.15, 0.2) is 0 Å². The molecule has 0 unspecified atom stereocenters. The van der Waals surface area contributed by atoms with Crippen molar-refractivity contribution in [3.63, 3.8) is 0 Å². The average Bonchev–Trinajstić information content (AvgIpc) is 2.67. The van der Waals surface area contributed by atoms with Gasteiger partial charge in [0.25, 0.3) is 5.69 Å². The van der Waals surface area contributed by atoms with Gasteiger partial charge in [0.1, 0.15) is 0 Å². The van der Waals surface area contributed by atoms with Crippen LogP contribution in [0.2, 0.25) is 0 Å². The summed E-state index contributed by atoms with van der Waals surface area (Å²) >= 11 is 0. The van der Waals surface area contributed by atoms with Crippen LogP contribution in [0.5, 0.6) is 0 Å². The molecule has 4 nitrogen and oxygen atoms in total. The molecule has 4 heteroatoms. The molecule has 1 aromatic heterocycles. The molecule has 18 heavy (non-hydrogen) atoms. The van der Waals surface area contributed by atoms with Crippen LogP contribution in [0.15, 0.2) is 24.4 Å². The fraction of sp³-hybridized carbons (Fsp3) is 0.429. The summed E-state index contributed by atoms with van der Waals surface area (Å²) in [6, 6.07) is 4.96. The molecule has 1 heterocycles. The maximum atomic E-state index is 10.8. The highest BCUT2D eigenvalue weighted by atomic mass is 16.6. The van der Waals surface area contributed by atoms with Gasteiger partial charge in [0, 0.05) is 29.2 Å². The maximum Gasteiger partial charge on any atom is 0.270 e. The number of aromatic amines is 1. The number of aryl methyl sites for hydroxylation is 1. The Bertz CT molecular complexity index is 579. The Morgan fingerprint density at radius 3 is 2.67 bits per heavy atom. The average molecular weight is 246 g/mol. The molecule has 0 saturated heterocycles. The van der Waals surface area contributed by atoms with E-state index in [1.165, 1.54) is 6.07 Å². The smallest absolute Gasteiger partial charge is 0.270 e. The van der Waals surface area contributed by atoms with Crippen molar-refractivity contribution in [1.82, 2.24) is 4.98 Å². The van der Waals surface area contributed by atoms with Crippen LogP contribution in [-0.2, 0) is 6.42 Å². The first-order valence-electron chi connectivity index (χ1n) is 6.11. The Labute approximate surface area is 106 Å². The molecule has 96 valence electrons. The number of benzene rings is 1. The monoisotopic (exact) mass is 246 g/mol. The van der Waals surface area contributed by atoms with Crippen molar-refractivity contribution in [3.05, 3.63) is 40.1 Å². The third-order valence-corrected chi connectivity index (χ3v) is 3.11. The Hall–Kier alpha value is -1.84. The van der Waals surface area contributed by atoms with E-state index in [1.807, 2.05) is 6.20 Å². The molecule has 0 bridgehead atoms. The van der Waals surface area contributed by atoms with E-state index in [-0.39, 0.29) is 16.0 Å². The van der Waals surface area contributed by atoms with Gasteiger partial charge >= 0.3 is 0 Å². The third kappa shape index (κ3) is 2.70. The first-order valence-corrected chi connectivity index (χ1v) is 6.11. The summed E-state index contributed by atoms with van der Waals surface area (Å²) in [5.41, 5.74) is 2.54. The van der Waals surface area contributed by atoms with Gasteiger partial charge in [-0.1, -0.05) is 20.8 Å². The van der Waals surface area contributed by atoms with Crippen molar-refractivity contribution < 1.29 is 4.92 Å². The Kier molecular flexibility index (Phi) is 3.11. The van der Waals surface area contributed by atoms with Gasteiger partial charge in [0.05, 0.1) is 4.92 Å². The zero-order valence-electron chi connectivity index (χ0n) is 11.0. The van der Waals surface area contributed by atoms with E-state index >= 15 is 0 Å². The summed E-state index contributed by atoms with van der Waals surface area (Å²) in [6.07, 6.45) is 3.95. The van der Waals surface area contributed by atoms with E-state index < -0.39 is 0 Å². The quantitative estimate of drug-likeness (QED) is 0.656. The van der Waals surface area contributed by atoms with Gasteiger partial charge in [-0.2, -0.15) is 0 Å². The summed E-state index contributed by atoms with van der Waals surface area (Å²) in [5, 5.41) is 11.8. The molecule has 0 atom stereocenters. The van der Waals surface area contributed by atoms with Crippen LogP contribution in [0.3, 0.4) is 0 Å². The Balaban J connectivity index is 2.33. The SMILES string of the molecule is CC(C)(C)CCc1c[nH]c2ccc([N+](=O)[O-])cc12. The van der Waals surface area contributed by atoms with Crippen LogP contribution in [0.1, 0.15) is 32.8 Å². The molecule has 2 rings (SSSR count). The van der Waals surface area contributed by atoms with Gasteiger partial charge in [-0.05, 0) is 29.9 Å². The lowest BCUT2D eigenvalue weighted by Gasteiger charge is -2.17. The number of hydrogen-bond acceptors (Lipinski definition) is 2. The minimum absolute atomic E-state index is 0.152. The minimum Gasteiger partial charge on any atom is -0.361 e. The number of non-ortho nitro benzene ring substituents is 1. The van der Waals surface area contributed by atoms with E-state index in [4.69, 9.17) is 0 Å². The van der Waals surface area contributed by atoms with E-state index in [1.54, 1.807) is 12.1 Å². The lowest BCUT2D eigenvalue weighted by molar-refractivity contribution is -0.384. The number of aromatic nitrogens is 1. The molecule has 1 aromatic carbocycles. The standard InChI is InChI=1S/C14H18N2O2/c1-14(2,3)7-6-10-9-15-13-5-4-11(16(17)18)8-12(10)13/h4-5,8-9,15H,6-7H2,1-3H3. The molecule has 1 N–H and O–H groups in total. The van der Waals surface area contributed by atoms with Crippen LogP contribution in [0, 0.1) is 15.5 Å². The van der Waals surface area contributed by atoms with Crippen LogP contribution in [0.25, 0.3) is 10.9 Å². The second-order valence-corrected chi connectivity index (χ2v) is 5.86. The molecule has 0 aliphatic carbocycles. The number of fused-ring (bicyclic) bond motifs is 1. The third-order valence-electron chi connectivity index (χ3n) is 3.11. The van der Waals surface area contributed by atoms with Gasteiger partial charge < -0.3 is 4.98 Å². The number of nitrogens with one attached hydrogen (secondary N) is 1. The fourth-order valence-electron chi connectivity index (χ4n) is 2.00. The van der Waals surface area contributed by atoms with E-state index in [9.17, 15) is 10.1 Å². The largest absolute Gasteiger partial charge is 0.361 e. The lowest BCUT2D eigenvalue weighted by Crippen LogP contribution is -2.06. The molecule has 0 spiro atoms. The number of nitro groups is 1. The zero-order chi connectivity index (χ0) is 13.3. The van der Waals surface area contributed by atoms with Gasteiger partial charge in [-0.25, -0.2) is 0 Å². The molecule has 0 aliphatic rings. The maximum absolute atomic E-state index is 10.8. The highest BCUT2D eigenvalue weighted by Gasteiger charge is 2.14. The molecule has 0 saturated carbocycles. The number of rotatable bonds is 3.